The number of fused-ring (bicyclic) bond motifs is 1. The molecule has 3 aromatic rings. The quantitative estimate of drug-likeness (QED) is 0.330. The third-order valence-corrected chi connectivity index (χ3v) is 7.36. The van der Waals surface area contributed by atoms with E-state index in [0.717, 1.165) is 0 Å². The Morgan fingerprint density at radius 2 is 1.51 bits per heavy atom. The van der Waals surface area contributed by atoms with Crippen molar-refractivity contribution in [3.63, 3.8) is 0 Å². The average Bonchev–Trinajstić information content (AvgIpc) is 2.85. The zero-order valence-corrected chi connectivity index (χ0v) is 21.3. The molecule has 0 saturated heterocycles. The van der Waals surface area contributed by atoms with Gasteiger partial charge in [0.05, 0.1) is 24.4 Å². The Labute approximate surface area is 206 Å². The maximum atomic E-state index is 13.2. The summed E-state index contributed by atoms with van der Waals surface area (Å²) in [5, 5.41) is 3.84. The molecule has 0 fully saturated rings. The van der Waals surface area contributed by atoms with E-state index >= 15 is 0 Å². The van der Waals surface area contributed by atoms with Crippen molar-refractivity contribution in [2.75, 3.05) is 59.1 Å². The van der Waals surface area contributed by atoms with Gasteiger partial charge in [0, 0.05) is 38.8 Å². The molecule has 190 valence electrons. The number of sulfonamides is 1. The number of benzene rings is 2. The van der Waals surface area contributed by atoms with Gasteiger partial charge in [-0.25, -0.2) is 18.4 Å². The number of anilines is 2. The van der Waals surface area contributed by atoms with Crippen molar-refractivity contribution in [1.29, 1.82) is 0 Å². The summed E-state index contributed by atoms with van der Waals surface area (Å²) in [6, 6.07) is 10.3. The molecule has 0 unspecified atom stereocenters. The first-order chi connectivity index (χ1) is 17.0. The molecule has 0 aliphatic rings. The Morgan fingerprint density at radius 1 is 0.886 bits per heavy atom. The highest BCUT2D eigenvalue weighted by atomic mass is 32.2. The van der Waals surface area contributed by atoms with Crippen LogP contribution < -0.4 is 14.8 Å². The maximum absolute atomic E-state index is 13.2. The van der Waals surface area contributed by atoms with Gasteiger partial charge in [-0.05, 0) is 18.2 Å². The number of aromatic nitrogens is 2. The minimum atomic E-state index is -3.69. The molecule has 0 aliphatic carbocycles. The fourth-order valence-corrected chi connectivity index (χ4v) is 5.09. The Balaban J connectivity index is 2.04. The number of hydrogen-bond donors (Lipinski definition) is 1. The molecule has 1 N–H and O–H groups in total. The molecule has 10 nitrogen and oxygen atoms in total. The molecule has 0 radical (unpaired) electrons. The van der Waals surface area contributed by atoms with Crippen LogP contribution >= 0.6 is 0 Å². The van der Waals surface area contributed by atoms with Gasteiger partial charge in [-0.3, -0.25) is 0 Å². The summed E-state index contributed by atoms with van der Waals surface area (Å²) < 4.78 is 49.8. The molecule has 1 heterocycles. The van der Waals surface area contributed by atoms with Crippen LogP contribution in [-0.4, -0.2) is 76.4 Å². The molecule has 11 heteroatoms. The number of rotatable bonds is 14. The molecule has 0 aliphatic heterocycles. The van der Waals surface area contributed by atoms with Crippen LogP contribution in [0.4, 0.5) is 11.5 Å². The smallest absolute Gasteiger partial charge is 0.245 e. The highest BCUT2D eigenvalue weighted by Crippen LogP contribution is 2.36. The fraction of sp³-hybridized carbons (Fsp3) is 0.417. The topological polar surface area (TPSA) is 112 Å². The lowest BCUT2D eigenvalue weighted by Crippen LogP contribution is -2.31. The van der Waals surface area contributed by atoms with Crippen LogP contribution in [0.15, 0.2) is 47.6 Å². The van der Waals surface area contributed by atoms with Crippen LogP contribution in [0, 0.1) is 0 Å². The largest absolute Gasteiger partial charge is 0.487 e. The lowest BCUT2D eigenvalue weighted by Gasteiger charge is -2.21. The van der Waals surface area contributed by atoms with Crippen LogP contribution in [0.5, 0.6) is 11.5 Å². The first-order valence-electron chi connectivity index (χ1n) is 11.3. The van der Waals surface area contributed by atoms with Gasteiger partial charge in [0.15, 0.2) is 11.5 Å². The minimum Gasteiger partial charge on any atom is -0.487 e. The summed E-state index contributed by atoms with van der Waals surface area (Å²) in [5.41, 5.74) is 1.03. The molecule has 1 aromatic heterocycles. The number of hydrogen-bond acceptors (Lipinski definition) is 9. The molecule has 35 heavy (non-hydrogen) atoms. The van der Waals surface area contributed by atoms with Gasteiger partial charge in [0.2, 0.25) is 10.0 Å². The Kier molecular flexibility index (Phi) is 9.61. The van der Waals surface area contributed by atoms with Crippen molar-refractivity contribution in [3.05, 3.63) is 42.7 Å². The molecular formula is C24H32N4O6S. The van der Waals surface area contributed by atoms with Crippen LogP contribution in [0.2, 0.25) is 0 Å². The van der Waals surface area contributed by atoms with Gasteiger partial charge in [0.25, 0.3) is 0 Å². The molecular weight excluding hydrogens is 472 g/mol. The van der Waals surface area contributed by atoms with Crippen LogP contribution in [-0.2, 0) is 19.5 Å². The Morgan fingerprint density at radius 3 is 2.14 bits per heavy atom. The standard InChI is InChI=1S/C24H32N4O6S/c1-5-28(6-2)35(29,30)23-10-8-7-9-19(23)27-24-18-15-21(33-13-11-31-3)22(34-14-12-32-4)16-20(18)25-17-26-24/h7-10,15-17H,5-6,11-14H2,1-4H3,(H,25,26,27). The summed E-state index contributed by atoms with van der Waals surface area (Å²) in [4.78, 5) is 8.92. The van der Waals surface area contributed by atoms with Crippen LogP contribution in [0.3, 0.4) is 0 Å². The lowest BCUT2D eigenvalue weighted by molar-refractivity contribution is 0.132. The van der Waals surface area contributed by atoms with Gasteiger partial charge >= 0.3 is 0 Å². The number of nitrogens with one attached hydrogen (secondary N) is 1. The van der Waals surface area contributed by atoms with Crippen molar-refractivity contribution in [3.8, 4) is 11.5 Å². The van der Waals surface area contributed by atoms with Gasteiger partial charge in [-0.15, -0.1) is 0 Å². The van der Waals surface area contributed by atoms with E-state index in [9.17, 15) is 8.42 Å². The van der Waals surface area contributed by atoms with E-state index in [1.54, 1.807) is 50.6 Å². The van der Waals surface area contributed by atoms with E-state index in [4.69, 9.17) is 18.9 Å². The third kappa shape index (κ3) is 6.37. The van der Waals surface area contributed by atoms with E-state index in [0.29, 0.717) is 73.4 Å². The van der Waals surface area contributed by atoms with Crippen molar-refractivity contribution in [1.82, 2.24) is 14.3 Å². The third-order valence-electron chi connectivity index (χ3n) is 5.25. The summed E-state index contributed by atoms with van der Waals surface area (Å²) in [5.74, 6) is 1.45. The maximum Gasteiger partial charge on any atom is 0.245 e. The van der Waals surface area contributed by atoms with E-state index in [1.165, 1.54) is 10.6 Å². The van der Waals surface area contributed by atoms with E-state index < -0.39 is 10.0 Å². The highest BCUT2D eigenvalue weighted by Gasteiger charge is 2.25. The van der Waals surface area contributed by atoms with E-state index in [2.05, 4.69) is 15.3 Å². The van der Waals surface area contributed by atoms with E-state index in [1.807, 2.05) is 13.8 Å². The van der Waals surface area contributed by atoms with Gasteiger partial charge in [-0.2, -0.15) is 4.31 Å². The van der Waals surface area contributed by atoms with E-state index in [-0.39, 0.29) is 4.90 Å². The number of methoxy groups -OCH3 is 2. The predicted molar refractivity (Wildman–Crippen MR) is 134 cm³/mol. The average molecular weight is 505 g/mol. The van der Waals surface area contributed by atoms with Crippen molar-refractivity contribution < 1.29 is 27.4 Å². The molecule has 0 amide bonds. The SMILES string of the molecule is CCN(CC)S(=O)(=O)c1ccccc1Nc1ncnc2cc(OCCOC)c(OCCOC)cc12. The monoisotopic (exact) mass is 504 g/mol. The normalized spacial score (nSPS) is 11.7. The summed E-state index contributed by atoms with van der Waals surface area (Å²) in [7, 11) is -0.494. The van der Waals surface area contributed by atoms with Gasteiger partial charge in [0.1, 0.15) is 30.3 Å². The summed E-state index contributed by atoms with van der Waals surface area (Å²) >= 11 is 0. The Hall–Kier alpha value is -2.99. The van der Waals surface area contributed by atoms with Crippen molar-refractivity contribution in [2.45, 2.75) is 18.7 Å². The zero-order chi connectivity index (χ0) is 25.3. The number of nitrogens with zero attached hydrogens (tertiary/aromatic N) is 3. The molecule has 0 spiro atoms. The predicted octanol–water partition coefficient (Wildman–Crippen LogP) is 3.45. The lowest BCUT2D eigenvalue weighted by atomic mass is 10.2. The van der Waals surface area contributed by atoms with Crippen molar-refractivity contribution >= 4 is 32.4 Å². The first kappa shape index (κ1) is 26.6. The number of para-hydroxylation sites is 1. The molecule has 0 saturated carbocycles. The minimum absolute atomic E-state index is 0.173. The molecule has 0 atom stereocenters. The van der Waals surface area contributed by atoms with Crippen LogP contribution in [0.1, 0.15) is 13.8 Å². The zero-order valence-electron chi connectivity index (χ0n) is 20.5. The summed E-state index contributed by atoms with van der Waals surface area (Å²) in [6.07, 6.45) is 1.41. The molecule has 0 bridgehead atoms. The number of ether oxygens (including phenoxy) is 4. The highest BCUT2D eigenvalue weighted by molar-refractivity contribution is 7.89. The van der Waals surface area contributed by atoms with Gasteiger partial charge in [-0.1, -0.05) is 26.0 Å². The second-order valence-electron chi connectivity index (χ2n) is 7.43. The summed E-state index contributed by atoms with van der Waals surface area (Å²) in [6.45, 7) is 5.86. The second-order valence-corrected chi connectivity index (χ2v) is 9.34. The van der Waals surface area contributed by atoms with Crippen LogP contribution in [0.25, 0.3) is 10.9 Å². The van der Waals surface area contributed by atoms with Crippen molar-refractivity contribution in [2.24, 2.45) is 0 Å². The fourth-order valence-electron chi connectivity index (χ4n) is 3.48. The Bertz CT molecular complexity index is 1220. The first-order valence-corrected chi connectivity index (χ1v) is 12.8. The molecule has 3 rings (SSSR count). The molecule has 2 aromatic carbocycles. The van der Waals surface area contributed by atoms with Gasteiger partial charge < -0.3 is 24.3 Å². The second kappa shape index (κ2) is 12.6.